The third-order valence-corrected chi connectivity index (χ3v) is 5.48. The molecular weight excluding hydrogens is 318 g/mol. The van der Waals surface area contributed by atoms with Crippen molar-refractivity contribution < 1.29 is 0 Å². The van der Waals surface area contributed by atoms with E-state index in [0.29, 0.717) is 0 Å². The molecule has 3 aromatic rings. The maximum atomic E-state index is 2.64. The van der Waals surface area contributed by atoms with E-state index >= 15 is 0 Å². The second kappa shape index (κ2) is 7.65. The molecule has 0 saturated heterocycles. The van der Waals surface area contributed by atoms with E-state index in [-0.39, 0.29) is 0 Å². The number of benzene rings is 2. The lowest BCUT2D eigenvalue weighted by Gasteiger charge is -2.30. The number of nitrogens with zero attached hydrogens (tertiary/aromatic N) is 3. The van der Waals surface area contributed by atoms with E-state index in [1.165, 1.54) is 53.7 Å². The summed E-state index contributed by atoms with van der Waals surface area (Å²) in [6, 6.07) is 19.8. The fourth-order valence-electron chi connectivity index (χ4n) is 4.19. The third-order valence-electron chi connectivity index (χ3n) is 5.48. The molecule has 0 radical (unpaired) electrons. The summed E-state index contributed by atoms with van der Waals surface area (Å²) in [5.74, 6) is 0. The van der Waals surface area contributed by atoms with Crippen LogP contribution in [0.1, 0.15) is 18.5 Å². The van der Waals surface area contributed by atoms with Gasteiger partial charge in [-0.05, 0) is 51.7 Å². The van der Waals surface area contributed by atoms with Gasteiger partial charge in [-0.15, -0.1) is 0 Å². The largest absolute Gasteiger partial charge is 0.341 e. The van der Waals surface area contributed by atoms with Gasteiger partial charge in [0.1, 0.15) is 0 Å². The standard InChI is InChI=1S/C23H29N3/c1-24(2)14-8-9-15-25-16-17-26-21-13-7-6-12-20(21)23(22(26)18-25)19-10-4-3-5-11-19/h3-7,10-13H,8-9,14-18H2,1-2H3. The second-order valence-electron chi connectivity index (χ2n) is 7.64. The maximum Gasteiger partial charge on any atom is 0.0489 e. The molecule has 0 unspecified atom stereocenters. The predicted octanol–water partition coefficient (Wildman–Crippen LogP) is 4.47. The minimum absolute atomic E-state index is 1.06. The molecule has 4 rings (SSSR count). The number of aromatic nitrogens is 1. The quantitative estimate of drug-likeness (QED) is 0.610. The van der Waals surface area contributed by atoms with Crippen LogP contribution in [0.25, 0.3) is 22.0 Å². The van der Waals surface area contributed by atoms with Crippen molar-refractivity contribution in [3.05, 3.63) is 60.3 Å². The van der Waals surface area contributed by atoms with Gasteiger partial charge in [0.2, 0.25) is 0 Å². The predicted molar refractivity (Wildman–Crippen MR) is 110 cm³/mol. The molecule has 3 heteroatoms. The molecule has 3 nitrogen and oxygen atoms in total. The van der Waals surface area contributed by atoms with E-state index in [4.69, 9.17) is 0 Å². The van der Waals surface area contributed by atoms with Crippen LogP contribution in [0, 0.1) is 0 Å². The number of rotatable bonds is 6. The lowest BCUT2D eigenvalue weighted by Crippen LogP contribution is -2.34. The first-order valence-corrected chi connectivity index (χ1v) is 9.76. The van der Waals surface area contributed by atoms with E-state index in [1.54, 1.807) is 0 Å². The summed E-state index contributed by atoms with van der Waals surface area (Å²) in [6.07, 6.45) is 2.55. The highest BCUT2D eigenvalue weighted by molar-refractivity contribution is 5.98. The van der Waals surface area contributed by atoms with Crippen LogP contribution in [-0.4, -0.2) is 48.1 Å². The zero-order valence-corrected chi connectivity index (χ0v) is 16.0. The van der Waals surface area contributed by atoms with Gasteiger partial charge < -0.3 is 9.47 Å². The third kappa shape index (κ3) is 3.42. The summed E-state index contributed by atoms with van der Waals surface area (Å²) in [6.45, 7) is 5.69. The average Bonchev–Trinajstić information content (AvgIpc) is 2.99. The number of hydrogen-bond donors (Lipinski definition) is 0. The Kier molecular flexibility index (Phi) is 5.09. The van der Waals surface area contributed by atoms with Crippen LogP contribution in [0.2, 0.25) is 0 Å². The summed E-state index contributed by atoms with van der Waals surface area (Å²) >= 11 is 0. The van der Waals surface area contributed by atoms with Crippen molar-refractivity contribution in [2.24, 2.45) is 0 Å². The summed E-state index contributed by atoms with van der Waals surface area (Å²) in [5, 5.41) is 1.39. The molecule has 0 saturated carbocycles. The van der Waals surface area contributed by atoms with Crippen LogP contribution in [-0.2, 0) is 13.1 Å². The Morgan fingerprint density at radius 2 is 1.65 bits per heavy atom. The summed E-state index contributed by atoms with van der Waals surface area (Å²) in [4.78, 5) is 4.91. The molecule has 0 amide bonds. The molecule has 0 atom stereocenters. The first-order valence-electron chi connectivity index (χ1n) is 9.76. The van der Waals surface area contributed by atoms with Gasteiger partial charge in [-0.3, -0.25) is 4.90 Å². The van der Waals surface area contributed by atoms with Gasteiger partial charge >= 0.3 is 0 Å². The summed E-state index contributed by atoms with van der Waals surface area (Å²) < 4.78 is 2.55. The topological polar surface area (TPSA) is 11.4 Å². The average molecular weight is 348 g/mol. The Bertz CT molecular complexity index is 864. The van der Waals surface area contributed by atoms with Gasteiger partial charge in [-0.1, -0.05) is 48.5 Å². The van der Waals surface area contributed by atoms with Gasteiger partial charge in [-0.25, -0.2) is 0 Å². The van der Waals surface area contributed by atoms with Crippen LogP contribution in [0.15, 0.2) is 54.6 Å². The van der Waals surface area contributed by atoms with Crippen molar-refractivity contribution >= 4 is 10.9 Å². The molecule has 1 aliphatic heterocycles. The van der Waals surface area contributed by atoms with Crippen molar-refractivity contribution in [3.8, 4) is 11.1 Å². The molecule has 0 aliphatic carbocycles. The van der Waals surface area contributed by atoms with Crippen LogP contribution in [0.3, 0.4) is 0 Å². The lowest BCUT2D eigenvalue weighted by molar-refractivity contribution is 0.216. The first kappa shape index (κ1) is 17.3. The molecule has 0 fully saturated rings. The Labute approximate surface area is 156 Å². The van der Waals surface area contributed by atoms with E-state index in [0.717, 1.165) is 19.6 Å². The summed E-state index contributed by atoms with van der Waals surface area (Å²) in [5.41, 5.74) is 5.64. The molecule has 1 aliphatic rings. The van der Waals surface area contributed by atoms with Gasteiger partial charge in [-0.2, -0.15) is 0 Å². The Hall–Kier alpha value is -2.10. The molecule has 0 N–H and O–H groups in total. The summed E-state index contributed by atoms with van der Waals surface area (Å²) in [7, 11) is 4.32. The molecule has 0 bridgehead atoms. The fraction of sp³-hybridized carbons (Fsp3) is 0.391. The monoisotopic (exact) mass is 347 g/mol. The maximum absolute atomic E-state index is 2.64. The number of unbranched alkanes of at least 4 members (excludes halogenated alkanes) is 1. The fourth-order valence-corrected chi connectivity index (χ4v) is 4.19. The highest BCUT2D eigenvalue weighted by Crippen LogP contribution is 2.37. The molecule has 2 aromatic carbocycles. The first-order chi connectivity index (χ1) is 12.7. The zero-order chi connectivity index (χ0) is 17.9. The van der Waals surface area contributed by atoms with Crippen LogP contribution in [0.5, 0.6) is 0 Å². The van der Waals surface area contributed by atoms with Gasteiger partial charge in [0.05, 0.1) is 0 Å². The van der Waals surface area contributed by atoms with Gasteiger partial charge in [0, 0.05) is 41.8 Å². The second-order valence-corrected chi connectivity index (χ2v) is 7.64. The van der Waals surface area contributed by atoms with Crippen LogP contribution in [0.4, 0.5) is 0 Å². The minimum atomic E-state index is 1.06. The molecule has 1 aromatic heterocycles. The van der Waals surface area contributed by atoms with Crippen molar-refractivity contribution in [3.63, 3.8) is 0 Å². The van der Waals surface area contributed by atoms with Crippen molar-refractivity contribution in [1.82, 2.24) is 14.4 Å². The number of hydrogen-bond acceptors (Lipinski definition) is 2. The van der Waals surface area contributed by atoms with Crippen LogP contribution < -0.4 is 0 Å². The van der Waals surface area contributed by atoms with Crippen molar-refractivity contribution in [2.45, 2.75) is 25.9 Å². The SMILES string of the molecule is CN(C)CCCCN1CCn2c(c(-c3ccccc3)c3ccccc32)C1. The van der Waals surface area contributed by atoms with E-state index in [9.17, 15) is 0 Å². The smallest absolute Gasteiger partial charge is 0.0489 e. The van der Waals surface area contributed by atoms with Gasteiger partial charge in [0.25, 0.3) is 0 Å². The van der Waals surface area contributed by atoms with Gasteiger partial charge in [0.15, 0.2) is 0 Å². The highest BCUT2D eigenvalue weighted by Gasteiger charge is 2.23. The van der Waals surface area contributed by atoms with Crippen molar-refractivity contribution in [2.75, 3.05) is 33.7 Å². The highest BCUT2D eigenvalue weighted by atomic mass is 15.2. The molecule has 0 spiro atoms. The van der Waals surface area contributed by atoms with E-state index in [1.807, 2.05) is 0 Å². The van der Waals surface area contributed by atoms with E-state index in [2.05, 4.69) is 83.1 Å². The Morgan fingerprint density at radius 3 is 2.46 bits per heavy atom. The normalized spacial score (nSPS) is 14.9. The Morgan fingerprint density at radius 1 is 0.885 bits per heavy atom. The lowest BCUT2D eigenvalue weighted by atomic mass is 10.0. The Balaban J connectivity index is 1.63. The molecule has 2 heterocycles. The van der Waals surface area contributed by atoms with Crippen LogP contribution >= 0.6 is 0 Å². The zero-order valence-electron chi connectivity index (χ0n) is 16.0. The molecule has 26 heavy (non-hydrogen) atoms. The minimum Gasteiger partial charge on any atom is -0.341 e. The molecular formula is C23H29N3. The molecule has 136 valence electrons. The number of para-hydroxylation sites is 1. The number of fused-ring (bicyclic) bond motifs is 3. The van der Waals surface area contributed by atoms with Crippen molar-refractivity contribution in [1.29, 1.82) is 0 Å². The van der Waals surface area contributed by atoms with E-state index < -0.39 is 0 Å².